The summed E-state index contributed by atoms with van der Waals surface area (Å²) in [7, 11) is 0. The standard InChI is InChI=1S/C15H12BrFN2OS/c1-2-5-19-14(11(16)8-18-19)15(20)13-7-9-6-10(17)3-4-12(9)21-13/h3-4,6-8H,2,5H2,1H3. The highest BCUT2D eigenvalue weighted by molar-refractivity contribution is 9.10. The molecule has 0 amide bonds. The Labute approximate surface area is 133 Å². The third-order valence-electron chi connectivity index (χ3n) is 3.15. The molecule has 0 saturated heterocycles. The van der Waals surface area contributed by atoms with Gasteiger partial charge < -0.3 is 0 Å². The number of thiophene rings is 1. The molecule has 21 heavy (non-hydrogen) atoms. The second-order valence-electron chi connectivity index (χ2n) is 4.69. The van der Waals surface area contributed by atoms with Crippen molar-refractivity contribution in [3.63, 3.8) is 0 Å². The summed E-state index contributed by atoms with van der Waals surface area (Å²) < 4.78 is 16.5. The number of carbonyl (C=O) groups excluding carboxylic acids is 1. The fraction of sp³-hybridized carbons (Fsp3) is 0.200. The number of hydrogen-bond acceptors (Lipinski definition) is 3. The first-order valence-electron chi connectivity index (χ1n) is 6.55. The Hall–Kier alpha value is -1.53. The molecule has 0 aliphatic rings. The van der Waals surface area contributed by atoms with Crippen LogP contribution in [0.3, 0.4) is 0 Å². The van der Waals surface area contributed by atoms with Crippen molar-refractivity contribution < 1.29 is 9.18 Å². The zero-order valence-corrected chi connectivity index (χ0v) is 13.7. The number of ketones is 1. The molecule has 0 aliphatic heterocycles. The number of rotatable bonds is 4. The largest absolute Gasteiger partial charge is 0.286 e. The van der Waals surface area contributed by atoms with Gasteiger partial charge in [0.25, 0.3) is 0 Å². The Morgan fingerprint density at radius 3 is 3.00 bits per heavy atom. The minimum Gasteiger partial charge on any atom is -0.286 e. The summed E-state index contributed by atoms with van der Waals surface area (Å²) in [5, 5.41) is 4.96. The van der Waals surface area contributed by atoms with E-state index in [0.717, 1.165) is 16.5 Å². The van der Waals surface area contributed by atoms with Crippen LogP contribution in [-0.4, -0.2) is 15.6 Å². The predicted molar refractivity (Wildman–Crippen MR) is 85.4 cm³/mol. The molecule has 1 aromatic carbocycles. The van der Waals surface area contributed by atoms with Gasteiger partial charge >= 0.3 is 0 Å². The molecule has 3 rings (SSSR count). The lowest BCUT2D eigenvalue weighted by Gasteiger charge is -2.04. The fourth-order valence-corrected chi connectivity index (χ4v) is 3.67. The molecule has 0 N–H and O–H groups in total. The lowest BCUT2D eigenvalue weighted by Crippen LogP contribution is -2.11. The van der Waals surface area contributed by atoms with E-state index in [1.165, 1.54) is 23.5 Å². The van der Waals surface area contributed by atoms with E-state index >= 15 is 0 Å². The first-order chi connectivity index (χ1) is 10.1. The van der Waals surface area contributed by atoms with Gasteiger partial charge in [-0.25, -0.2) is 4.39 Å². The summed E-state index contributed by atoms with van der Waals surface area (Å²) in [5.74, 6) is -0.383. The van der Waals surface area contributed by atoms with E-state index in [1.54, 1.807) is 23.0 Å². The van der Waals surface area contributed by atoms with Crippen molar-refractivity contribution in [2.24, 2.45) is 0 Å². The van der Waals surface area contributed by atoms with E-state index < -0.39 is 0 Å². The van der Waals surface area contributed by atoms with E-state index in [9.17, 15) is 9.18 Å². The Bertz CT molecular complexity index is 824. The molecule has 0 fully saturated rings. The smallest absolute Gasteiger partial charge is 0.222 e. The minimum atomic E-state index is -0.295. The van der Waals surface area contributed by atoms with Gasteiger partial charge in [0.1, 0.15) is 11.5 Å². The number of halogens is 2. The van der Waals surface area contributed by atoms with Gasteiger partial charge in [0.2, 0.25) is 5.78 Å². The summed E-state index contributed by atoms with van der Waals surface area (Å²) in [6.07, 6.45) is 2.53. The Kier molecular flexibility index (Phi) is 3.91. The highest BCUT2D eigenvalue weighted by Crippen LogP contribution is 2.29. The van der Waals surface area contributed by atoms with Crippen LogP contribution < -0.4 is 0 Å². The van der Waals surface area contributed by atoms with Gasteiger partial charge in [0.15, 0.2) is 0 Å². The third kappa shape index (κ3) is 2.65. The van der Waals surface area contributed by atoms with E-state index in [1.807, 2.05) is 6.92 Å². The van der Waals surface area contributed by atoms with Gasteiger partial charge in [0, 0.05) is 11.2 Å². The van der Waals surface area contributed by atoms with Crippen LogP contribution in [-0.2, 0) is 6.54 Å². The number of nitrogens with zero attached hydrogens (tertiary/aromatic N) is 2. The Balaban J connectivity index is 2.06. The second kappa shape index (κ2) is 5.69. The van der Waals surface area contributed by atoms with Gasteiger partial charge in [-0.1, -0.05) is 6.92 Å². The quantitative estimate of drug-likeness (QED) is 0.630. The minimum absolute atomic E-state index is 0.0885. The Morgan fingerprint density at radius 2 is 2.24 bits per heavy atom. The van der Waals surface area contributed by atoms with Crippen molar-refractivity contribution in [3.8, 4) is 0 Å². The van der Waals surface area contributed by atoms with Crippen molar-refractivity contribution in [2.45, 2.75) is 19.9 Å². The summed E-state index contributed by atoms with van der Waals surface area (Å²) in [5.41, 5.74) is 0.545. The summed E-state index contributed by atoms with van der Waals surface area (Å²) in [6, 6.07) is 6.29. The van der Waals surface area contributed by atoms with Crippen molar-refractivity contribution in [1.29, 1.82) is 0 Å². The van der Waals surface area contributed by atoms with Crippen LogP contribution in [0.25, 0.3) is 10.1 Å². The number of benzene rings is 1. The SMILES string of the molecule is CCCn1ncc(Br)c1C(=O)c1cc2cc(F)ccc2s1. The third-order valence-corrected chi connectivity index (χ3v) is 4.84. The molecule has 6 heteroatoms. The van der Waals surface area contributed by atoms with Gasteiger partial charge in [-0.05, 0) is 52.0 Å². The van der Waals surface area contributed by atoms with E-state index in [-0.39, 0.29) is 11.6 Å². The number of aromatic nitrogens is 2. The van der Waals surface area contributed by atoms with Crippen molar-refractivity contribution >= 4 is 43.1 Å². The average Bonchev–Trinajstić information content (AvgIpc) is 3.02. The maximum absolute atomic E-state index is 13.2. The van der Waals surface area contributed by atoms with Crippen LogP contribution in [0.4, 0.5) is 4.39 Å². The molecule has 2 heterocycles. The molecule has 0 bridgehead atoms. The average molecular weight is 367 g/mol. The van der Waals surface area contributed by atoms with Crippen LogP contribution in [0.1, 0.15) is 28.7 Å². The summed E-state index contributed by atoms with van der Waals surface area (Å²) in [6.45, 7) is 2.72. The second-order valence-corrected chi connectivity index (χ2v) is 6.62. The molecule has 0 saturated carbocycles. The molecule has 0 unspecified atom stereocenters. The van der Waals surface area contributed by atoms with Crippen molar-refractivity contribution in [2.75, 3.05) is 0 Å². The molecular weight excluding hydrogens is 355 g/mol. The van der Waals surface area contributed by atoms with Crippen LogP contribution >= 0.6 is 27.3 Å². The molecule has 0 atom stereocenters. The van der Waals surface area contributed by atoms with E-state index in [4.69, 9.17) is 0 Å². The monoisotopic (exact) mass is 366 g/mol. The fourth-order valence-electron chi connectivity index (χ4n) is 2.21. The molecule has 2 aromatic heterocycles. The number of fused-ring (bicyclic) bond motifs is 1. The Morgan fingerprint density at radius 1 is 1.43 bits per heavy atom. The highest BCUT2D eigenvalue weighted by atomic mass is 79.9. The molecule has 0 radical (unpaired) electrons. The zero-order valence-electron chi connectivity index (χ0n) is 11.3. The van der Waals surface area contributed by atoms with Gasteiger partial charge in [-0.2, -0.15) is 5.10 Å². The van der Waals surface area contributed by atoms with Crippen LogP contribution in [0.2, 0.25) is 0 Å². The van der Waals surface area contributed by atoms with Crippen molar-refractivity contribution in [1.82, 2.24) is 9.78 Å². The maximum Gasteiger partial charge on any atom is 0.222 e. The zero-order chi connectivity index (χ0) is 15.0. The predicted octanol–water partition coefficient (Wildman–Crippen LogP) is 4.64. The summed E-state index contributed by atoms with van der Waals surface area (Å²) >= 11 is 4.75. The molecule has 3 nitrogen and oxygen atoms in total. The number of carbonyl (C=O) groups is 1. The molecule has 0 aliphatic carbocycles. The molecule has 108 valence electrons. The van der Waals surface area contributed by atoms with Crippen LogP contribution in [0.15, 0.2) is 34.9 Å². The van der Waals surface area contributed by atoms with Crippen LogP contribution in [0.5, 0.6) is 0 Å². The van der Waals surface area contributed by atoms with Gasteiger partial charge in [-0.15, -0.1) is 11.3 Å². The normalized spacial score (nSPS) is 11.2. The first kappa shape index (κ1) is 14.4. The molecule has 3 aromatic rings. The maximum atomic E-state index is 13.2. The van der Waals surface area contributed by atoms with Crippen molar-refractivity contribution in [3.05, 3.63) is 51.3 Å². The lowest BCUT2D eigenvalue weighted by molar-refractivity contribution is 0.103. The molecule has 0 spiro atoms. The van der Waals surface area contributed by atoms with Gasteiger partial charge in [0.05, 0.1) is 15.5 Å². The van der Waals surface area contributed by atoms with Crippen LogP contribution in [0, 0.1) is 5.82 Å². The number of hydrogen-bond donors (Lipinski definition) is 0. The van der Waals surface area contributed by atoms with E-state index in [0.29, 0.717) is 21.6 Å². The number of aryl methyl sites for hydroxylation is 1. The topological polar surface area (TPSA) is 34.9 Å². The lowest BCUT2D eigenvalue weighted by atomic mass is 10.2. The van der Waals surface area contributed by atoms with Gasteiger partial charge in [-0.3, -0.25) is 9.48 Å². The molecular formula is C15H12BrFN2OS. The highest BCUT2D eigenvalue weighted by Gasteiger charge is 2.20. The summed E-state index contributed by atoms with van der Waals surface area (Å²) in [4.78, 5) is 13.3. The van der Waals surface area contributed by atoms with E-state index in [2.05, 4.69) is 21.0 Å². The first-order valence-corrected chi connectivity index (χ1v) is 8.16.